The summed E-state index contributed by atoms with van der Waals surface area (Å²) in [6.07, 6.45) is 6.23. The first-order valence-corrected chi connectivity index (χ1v) is 12.2. The molecule has 0 saturated heterocycles. The van der Waals surface area contributed by atoms with Crippen LogP contribution in [0.15, 0.2) is 90.6 Å². The van der Waals surface area contributed by atoms with E-state index >= 15 is 0 Å². The summed E-state index contributed by atoms with van der Waals surface area (Å²) in [5.41, 5.74) is 2.81. The standard InChI is InChI=1S/C25H28N4O3S/c30-25(20-28-33(31,32)18-14-21-7-3-1-4-8-21)29-24(19-22-9-5-2-6-10-22)13-17-27-23-11-15-26-16-12-23/h1-12,14-16,18,24,28H,13,17,19-20H2,(H,26,27)(H,29,30)/b18-14+/t24-/m1/s1. The second kappa shape index (κ2) is 12.5. The van der Waals surface area contributed by atoms with Gasteiger partial charge in [-0.05, 0) is 42.2 Å². The van der Waals surface area contributed by atoms with Crippen LogP contribution in [0.4, 0.5) is 5.69 Å². The van der Waals surface area contributed by atoms with Gasteiger partial charge in [0.25, 0.3) is 0 Å². The van der Waals surface area contributed by atoms with Crippen LogP contribution in [0.3, 0.4) is 0 Å². The lowest BCUT2D eigenvalue weighted by molar-refractivity contribution is -0.120. The quantitative estimate of drug-likeness (QED) is 0.382. The number of aromatic nitrogens is 1. The van der Waals surface area contributed by atoms with Gasteiger partial charge in [-0.3, -0.25) is 9.78 Å². The summed E-state index contributed by atoms with van der Waals surface area (Å²) in [5.74, 6) is -0.378. The number of rotatable bonds is 12. The van der Waals surface area contributed by atoms with E-state index < -0.39 is 10.0 Å². The van der Waals surface area contributed by atoms with Gasteiger partial charge in [0, 0.05) is 36.1 Å². The fourth-order valence-corrected chi connectivity index (χ4v) is 3.97. The van der Waals surface area contributed by atoms with Crippen LogP contribution in [0, 0.1) is 0 Å². The smallest absolute Gasteiger partial charge is 0.235 e. The van der Waals surface area contributed by atoms with Crippen molar-refractivity contribution in [3.05, 3.63) is 102 Å². The molecular formula is C25H28N4O3S. The Balaban J connectivity index is 1.53. The summed E-state index contributed by atoms with van der Waals surface area (Å²) in [4.78, 5) is 16.5. The van der Waals surface area contributed by atoms with Crippen LogP contribution in [0.1, 0.15) is 17.5 Å². The number of carbonyl (C=O) groups is 1. The molecule has 0 radical (unpaired) electrons. The van der Waals surface area contributed by atoms with Crippen molar-refractivity contribution >= 4 is 27.7 Å². The van der Waals surface area contributed by atoms with Gasteiger partial charge in [0.2, 0.25) is 15.9 Å². The zero-order valence-electron chi connectivity index (χ0n) is 18.2. The predicted octanol–water partition coefficient (Wildman–Crippen LogP) is 3.20. The SMILES string of the molecule is O=C(CNS(=O)(=O)/C=C/c1ccccc1)N[C@H](CCNc1ccncc1)Cc1ccccc1. The molecule has 0 bridgehead atoms. The molecule has 0 unspecified atom stereocenters. The predicted molar refractivity (Wildman–Crippen MR) is 132 cm³/mol. The number of hydrogen-bond donors (Lipinski definition) is 3. The molecule has 172 valence electrons. The van der Waals surface area contributed by atoms with Gasteiger partial charge in [0.1, 0.15) is 0 Å². The lowest BCUT2D eigenvalue weighted by Gasteiger charge is -2.20. The van der Waals surface area contributed by atoms with Gasteiger partial charge in [-0.15, -0.1) is 0 Å². The molecule has 0 saturated carbocycles. The van der Waals surface area contributed by atoms with Crippen LogP contribution >= 0.6 is 0 Å². The molecule has 8 heteroatoms. The molecule has 0 aliphatic heterocycles. The Kier molecular flexibility index (Phi) is 9.17. The van der Waals surface area contributed by atoms with Crippen LogP contribution in [-0.4, -0.2) is 38.4 Å². The van der Waals surface area contributed by atoms with Crippen LogP contribution in [-0.2, 0) is 21.2 Å². The van der Waals surface area contributed by atoms with Crippen LogP contribution in [0.25, 0.3) is 6.08 Å². The molecule has 1 heterocycles. The summed E-state index contributed by atoms with van der Waals surface area (Å²) in [7, 11) is -3.73. The van der Waals surface area contributed by atoms with E-state index in [1.165, 1.54) is 6.08 Å². The van der Waals surface area contributed by atoms with Crippen LogP contribution in [0.2, 0.25) is 0 Å². The minimum atomic E-state index is -3.73. The molecule has 1 atom stereocenters. The van der Waals surface area contributed by atoms with Gasteiger partial charge < -0.3 is 10.6 Å². The topological polar surface area (TPSA) is 100 Å². The molecule has 3 N–H and O–H groups in total. The third-order valence-corrected chi connectivity index (χ3v) is 5.91. The van der Waals surface area contributed by atoms with E-state index in [1.54, 1.807) is 24.5 Å². The summed E-state index contributed by atoms with van der Waals surface area (Å²) >= 11 is 0. The highest BCUT2D eigenvalue weighted by Crippen LogP contribution is 2.08. The Bertz CT molecular complexity index is 1120. The third-order valence-electron chi connectivity index (χ3n) is 4.87. The van der Waals surface area contributed by atoms with Crippen molar-refractivity contribution in [2.75, 3.05) is 18.4 Å². The molecule has 1 aromatic heterocycles. The van der Waals surface area contributed by atoms with Gasteiger partial charge in [-0.2, -0.15) is 0 Å². The maximum absolute atomic E-state index is 12.5. The summed E-state index contributed by atoms with van der Waals surface area (Å²) in [6.45, 7) is 0.317. The first-order chi connectivity index (χ1) is 16.0. The van der Waals surface area contributed by atoms with E-state index in [1.807, 2.05) is 60.7 Å². The first kappa shape index (κ1) is 24.2. The number of amides is 1. The Morgan fingerprint density at radius 1 is 0.939 bits per heavy atom. The minimum Gasteiger partial charge on any atom is -0.385 e. The van der Waals surface area contributed by atoms with Crippen molar-refractivity contribution in [1.29, 1.82) is 0 Å². The van der Waals surface area contributed by atoms with Crippen LogP contribution < -0.4 is 15.4 Å². The van der Waals surface area contributed by atoms with Gasteiger partial charge in [0.05, 0.1) is 6.54 Å². The number of hydrogen-bond acceptors (Lipinski definition) is 5. The molecule has 33 heavy (non-hydrogen) atoms. The molecule has 0 aliphatic rings. The van der Waals surface area contributed by atoms with Crippen molar-refractivity contribution < 1.29 is 13.2 Å². The lowest BCUT2D eigenvalue weighted by atomic mass is 10.0. The summed E-state index contributed by atoms with van der Waals surface area (Å²) < 4.78 is 26.8. The monoisotopic (exact) mass is 464 g/mol. The molecule has 0 spiro atoms. The van der Waals surface area contributed by atoms with Gasteiger partial charge in [-0.1, -0.05) is 60.7 Å². The Morgan fingerprint density at radius 3 is 2.30 bits per heavy atom. The first-order valence-electron chi connectivity index (χ1n) is 10.7. The van der Waals surface area contributed by atoms with E-state index in [4.69, 9.17) is 0 Å². The maximum atomic E-state index is 12.5. The second-order valence-corrected chi connectivity index (χ2v) is 9.14. The number of nitrogens with one attached hydrogen (secondary N) is 3. The fraction of sp³-hybridized carbons (Fsp3) is 0.200. The number of carbonyl (C=O) groups excluding carboxylic acids is 1. The van der Waals surface area contributed by atoms with Crippen molar-refractivity contribution in [2.45, 2.75) is 18.9 Å². The summed E-state index contributed by atoms with van der Waals surface area (Å²) in [5, 5.41) is 7.33. The largest absolute Gasteiger partial charge is 0.385 e. The van der Waals surface area contributed by atoms with Crippen molar-refractivity contribution in [3.8, 4) is 0 Å². The minimum absolute atomic E-state index is 0.154. The van der Waals surface area contributed by atoms with E-state index in [-0.39, 0.29) is 18.5 Å². The maximum Gasteiger partial charge on any atom is 0.235 e. The van der Waals surface area contributed by atoms with Crippen molar-refractivity contribution in [3.63, 3.8) is 0 Å². The van der Waals surface area contributed by atoms with E-state index in [9.17, 15) is 13.2 Å². The third kappa shape index (κ3) is 9.26. The number of sulfonamides is 1. The fourth-order valence-electron chi connectivity index (χ4n) is 3.21. The molecule has 7 nitrogen and oxygen atoms in total. The number of pyridine rings is 1. The van der Waals surface area contributed by atoms with E-state index in [0.29, 0.717) is 19.4 Å². The summed E-state index contributed by atoms with van der Waals surface area (Å²) in [6, 6.07) is 22.6. The molecule has 0 fully saturated rings. The highest BCUT2D eigenvalue weighted by Gasteiger charge is 2.15. The highest BCUT2D eigenvalue weighted by molar-refractivity contribution is 7.92. The number of anilines is 1. The average molecular weight is 465 g/mol. The van der Waals surface area contributed by atoms with Crippen molar-refractivity contribution in [1.82, 2.24) is 15.0 Å². The molecule has 3 rings (SSSR count). The van der Waals surface area contributed by atoms with Crippen molar-refractivity contribution in [2.24, 2.45) is 0 Å². The zero-order chi connectivity index (χ0) is 23.4. The average Bonchev–Trinajstić information content (AvgIpc) is 2.84. The number of nitrogens with zero attached hydrogens (tertiary/aromatic N) is 1. The van der Waals surface area contributed by atoms with Gasteiger partial charge >= 0.3 is 0 Å². The van der Waals surface area contributed by atoms with Gasteiger partial charge in [-0.25, -0.2) is 13.1 Å². The normalized spacial score (nSPS) is 12.4. The Labute approximate surface area is 195 Å². The second-order valence-electron chi connectivity index (χ2n) is 7.49. The molecule has 0 aliphatic carbocycles. The molecule has 2 aromatic carbocycles. The zero-order valence-corrected chi connectivity index (χ0v) is 19.0. The Morgan fingerprint density at radius 2 is 1.61 bits per heavy atom. The highest BCUT2D eigenvalue weighted by atomic mass is 32.2. The lowest BCUT2D eigenvalue weighted by Crippen LogP contribution is -2.43. The molecular weight excluding hydrogens is 436 g/mol. The van der Waals surface area contributed by atoms with E-state index in [2.05, 4.69) is 20.3 Å². The number of benzene rings is 2. The van der Waals surface area contributed by atoms with E-state index in [0.717, 1.165) is 22.2 Å². The molecule has 3 aromatic rings. The van der Waals surface area contributed by atoms with Crippen LogP contribution in [0.5, 0.6) is 0 Å². The van der Waals surface area contributed by atoms with Gasteiger partial charge in [0.15, 0.2) is 0 Å². The Hall–Kier alpha value is -3.49. The molecule has 1 amide bonds.